The Labute approximate surface area is 137 Å². The second kappa shape index (κ2) is 7.44. The molecular weight excluding hydrogens is 294 g/mol. The van der Waals surface area contributed by atoms with E-state index in [1.807, 2.05) is 43.9 Å². The predicted molar refractivity (Wildman–Crippen MR) is 86.9 cm³/mol. The quantitative estimate of drug-likeness (QED) is 0.856. The van der Waals surface area contributed by atoms with E-state index in [1.54, 1.807) is 11.1 Å². The number of piperazine rings is 1. The highest BCUT2D eigenvalue weighted by Crippen LogP contribution is 2.12. The van der Waals surface area contributed by atoms with Crippen LogP contribution in [0, 0.1) is 0 Å². The molecule has 1 aliphatic heterocycles. The maximum Gasteiger partial charge on any atom is 0.410 e. The molecule has 0 aliphatic carbocycles. The van der Waals surface area contributed by atoms with Crippen LogP contribution >= 0.6 is 0 Å². The summed E-state index contributed by atoms with van der Waals surface area (Å²) in [6.45, 7) is 7.70. The lowest BCUT2D eigenvalue weighted by Crippen LogP contribution is -2.51. The van der Waals surface area contributed by atoms with Crippen molar-refractivity contribution < 1.29 is 14.3 Å². The van der Waals surface area contributed by atoms with Gasteiger partial charge in [-0.25, -0.2) is 4.79 Å². The minimum atomic E-state index is -0.493. The molecular formula is C17H25N3O3. The lowest BCUT2D eigenvalue weighted by Gasteiger charge is -2.35. The van der Waals surface area contributed by atoms with Crippen molar-refractivity contribution in [2.45, 2.75) is 39.2 Å². The molecule has 0 unspecified atom stereocenters. The number of carbonyl (C=O) groups is 2. The molecule has 1 fully saturated rings. The van der Waals surface area contributed by atoms with E-state index in [4.69, 9.17) is 4.74 Å². The second-order valence-corrected chi connectivity index (χ2v) is 6.67. The van der Waals surface area contributed by atoms with Gasteiger partial charge in [0.1, 0.15) is 5.60 Å². The topological polar surface area (TPSA) is 62.7 Å². The van der Waals surface area contributed by atoms with Gasteiger partial charge in [-0.15, -0.1) is 0 Å². The molecule has 1 saturated heterocycles. The molecule has 0 aromatic carbocycles. The lowest BCUT2D eigenvalue weighted by atomic mass is 10.2. The Morgan fingerprint density at radius 2 is 1.78 bits per heavy atom. The van der Waals surface area contributed by atoms with E-state index < -0.39 is 5.60 Å². The fourth-order valence-electron chi connectivity index (χ4n) is 2.40. The van der Waals surface area contributed by atoms with Gasteiger partial charge in [0.2, 0.25) is 5.91 Å². The first-order valence-corrected chi connectivity index (χ1v) is 8.01. The Morgan fingerprint density at radius 1 is 1.13 bits per heavy atom. The van der Waals surface area contributed by atoms with Crippen molar-refractivity contribution in [3.05, 3.63) is 30.1 Å². The van der Waals surface area contributed by atoms with E-state index in [1.165, 1.54) is 0 Å². The summed E-state index contributed by atoms with van der Waals surface area (Å²) >= 11 is 0. The van der Waals surface area contributed by atoms with Crippen LogP contribution in [0.25, 0.3) is 0 Å². The van der Waals surface area contributed by atoms with E-state index in [2.05, 4.69) is 4.98 Å². The lowest BCUT2D eigenvalue weighted by molar-refractivity contribution is -0.132. The van der Waals surface area contributed by atoms with Gasteiger partial charge in [0.15, 0.2) is 0 Å². The molecule has 0 radical (unpaired) electrons. The summed E-state index contributed by atoms with van der Waals surface area (Å²) in [5, 5.41) is 0. The number of amides is 2. The number of hydrogen-bond donors (Lipinski definition) is 0. The summed E-state index contributed by atoms with van der Waals surface area (Å²) in [7, 11) is 0. The van der Waals surface area contributed by atoms with Crippen LogP contribution in [0.15, 0.2) is 24.4 Å². The summed E-state index contributed by atoms with van der Waals surface area (Å²) in [6.07, 6.45) is 2.52. The molecule has 1 aromatic rings. The van der Waals surface area contributed by atoms with Crippen LogP contribution < -0.4 is 0 Å². The number of pyridine rings is 1. The molecule has 23 heavy (non-hydrogen) atoms. The highest BCUT2D eigenvalue weighted by molar-refractivity contribution is 5.77. The van der Waals surface area contributed by atoms with Crippen LogP contribution in [0.2, 0.25) is 0 Å². The third kappa shape index (κ3) is 5.54. The zero-order valence-electron chi connectivity index (χ0n) is 14.1. The third-order valence-corrected chi connectivity index (χ3v) is 3.61. The molecule has 0 saturated carbocycles. The van der Waals surface area contributed by atoms with Crippen LogP contribution in [0.4, 0.5) is 4.79 Å². The zero-order chi connectivity index (χ0) is 16.9. The Balaban J connectivity index is 1.75. The van der Waals surface area contributed by atoms with Crippen LogP contribution in [-0.4, -0.2) is 58.6 Å². The fraction of sp³-hybridized carbons (Fsp3) is 0.588. The summed E-state index contributed by atoms with van der Waals surface area (Å²) in [5.74, 6) is 0.111. The third-order valence-electron chi connectivity index (χ3n) is 3.61. The predicted octanol–water partition coefficient (Wildman–Crippen LogP) is 2.09. The molecule has 1 aliphatic rings. The number of nitrogens with zero attached hydrogens (tertiary/aromatic N) is 3. The molecule has 0 N–H and O–H groups in total. The summed E-state index contributed by atoms with van der Waals surface area (Å²) in [5.41, 5.74) is 0.431. The molecule has 2 amide bonds. The summed E-state index contributed by atoms with van der Waals surface area (Å²) in [4.78, 5) is 31.9. The Hall–Kier alpha value is -2.11. The monoisotopic (exact) mass is 319 g/mol. The molecule has 2 rings (SSSR count). The first-order chi connectivity index (χ1) is 10.8. The Morgan fingerprint density at radius 3 is 2.35 bits per heavy atom. The van der Waals surface area contributed by atoms with E-state index in [0.29, 0.717) is 39.0 Å². The fourth-order valence-corrected chi connectivity index (χ4v) is 2.40. The molecule has 0 atom stereocenters. The van der Waals surface area contributed by atoms with Gasteiger partial charge in [0.05, 0.1) is 0 Å². The highest BCUT2D eigenvalue weighted by Gasteiger charge is 2.27. The van der Waals surface area contributed by atoms with Crippen molar-refractivity contribution in [2.75, 3.05) is 26.2 Å². The standard InChI is InChI=1S/C17H25N3O3/c1-17(2,3)23-16(22)20-12-10-19(11-13-20)15(21)8-7-14-6-4-5-9-18-14/h4-6,9H,7-8,10-13H2,1-3H3. The average Bonchev–Trinajstić information content (AvgIpc) is 2.52. The Bertz CT molecular complexity index is 532. The maximum atomic E-state index is 12.2. The van der Waals surface area contributed by atoms with E-state index in [-0.39, 0.29) is 12.0 Å². The number of aromatic nitrogens is 1. The van der Waals surface area contributed by atoms with Crippen LogP contribution in [0.3, 0.4) is 0 Å². The number of hydrogen-bond acceptors (Lipinski definition) is 4. The van der Waals surface area contributed by atoms with Crippen molar-refractivity contribution in [3.63, 3.8) is 0 Å². The average molecular weight is 319 g/mol. The smallest absolute Gasteiger partial charge is 0.410 e. The van der Waals surface area contributed by atoms with Gasteiger partial charge < -0.3 is 14.5 Å². The van der Waals surface area contributed by atoms with Gasteiger partial charge in [-0.1, -0.05) is 6.07 Å². The van der Waals surface area contributed by atoms with Crippen LogP contribution in [-0.2, 0) is 16.0 Å². The van der Waals surface area contributed by atoms with Crippen molar-refractivity contribution in [3.8, 4) is 0 Å². The largest absolute Gasteiger partial charge is 0.444 e. The number of aryl methyl sites for hydroxylation is 1. The van der Waals surface area contributed by atoms with Crippen molar-refractivity contribution in [2.24, 2.45) is 0 Å². The van der Waals surface area contributed by atoms with Gasteiger partial charge in [-0.05, 0) is 39.3 Å². The molecule has 0 bridgehead atoms. The van der Waals surface area contributed by atoms with Crippen LogP contribution in [0.5, 0.6) is 0 Å². The highest BCUT2D eigenvalue weighted by atomic mass is 16.6. The maximum absolute atomic E-state index is 12.2. The second-order valence-electron chi connectivity index (χ2n) is 6.67. The van der Waals surface area contributed by atoms with Gasteiger partial charge >= 0.3 is 6.09 Å². The van der Waals surface area contributed by atoms with Gasteiger partial charge in [0.25, 0.3) is 0 Å². The van der Waals surface area contributed by atoms with E-state index >= 15 is 0 Å². The van der Waals surface area contributed by atoms with Gasteiger partial charge in [-0.2, -0.15) is 0 Å². The molecule has 6 heteroatoms. The van der Waals surface area contributed by atoms with Crippen molar-refractivity contribution >= 4 is 12.0 Å². The number of ether oxygens (including phenoxy) is 1. The molecule has 1 aromatic heterocycles. The minimum Gasteiger partial charge on any atom is -0.444 e. The minimum absolute atomic E-state index is 0.111. The number of rotatable bonds is 3. The first kappa shape index (κ1) is 17.2. The summed E-state index contributed by atoms with van der Waals surface area (Å²) < 4.78 is 5.35. The van der Waals surface area contributed by atoms with Crippen molar-refractivity contribution in [1.82, 2.24) is 14.8 Å². The number of carbonyl (C=O) groups excluding carboxylic acids is 2. The first-order valence-electron chi connectivity index (χ1n) is 8.01. The van der Waals surface area contributed by atoms with Gasteiger partial charge in [0, 0.05) is 44.5 Å². The normalized spacial score (nSPS) is 15.4. The molecule has 126 valence electrons. The van der Waals surface area contributed by atoms with Crippen molar-refractivity contribution in [1.29, 1.82) is 0 Å². The van der Waals surface area contributed by atoms with Gasteiger partial charge in [-0.3, -0.25) is 9.78 Å². The molecule has 6 nitrogen and oxygen atoms in total. The molecule has 0 spiro atoms. The summed E-state index contributed by atoms with van der Waals surface area (Å²) in [6, 6.07) is 5.71. The Kier molecular flexibility index (Phi) is 5.58. The zero-order valence-corrected chi connectivity index (χ0v) is 14.1. The molecule has 2 heterocycles. The van der Waals surface area contributed by atoms with E-state index in [0.717, 1.165) is 5.69 Å². The van der Waals surface area contributed by atoms with E-state index in [9.17, 15) is 9.59 Å². The SMILES string of the molecule is CC(C)(C)OC(=O)N1CCN(C(=O)CCc2ccccn2)CC1. The van der Waals surface area contributed by atoms with Crippen LogP contribution in [0.1, 0.15) is 32.9 Å².